The van der Waals surface area contributed by atoms with E-state index in [9.17, 15) is 9.59 Å². The van der Waals surface area contributed by atoms with Crippen LogP contribution in [0.25, 0.3) is 0 Å². The maximum absolute atomic E-state index is 13.0. The molecule has 3 rings (SSSR count). The van der Waals surface area contributed by atoms with E-state index in [1.807, 2.05) is 42.2 Å². The molecular weight excluding hydrogens is 394 g/mol. The first-order chi connectivity index (χ1) is 12.5. The van der Waals surface area contributed by atoms with Gasteiger partial charge < -0.3 is 4.90 Å². The summed E-state index contributed by atoms with van der Waals surface area (Å²) in [5.74, 6) is 0.594. The van der Waals surface area contributed by atoms with E-state index in [0.29, 0.717) is 18.9 Å². The molecule has 1 aromatic heterocycles. The second-order valence-electron chi connectivity index (χ2n) is 6.35. The van der Waals surface area contributed by atoms with Gasteiger partial charge in [-0.2, -0.15) is 0 Å². The zero-order valence-corrected chi connectivity index (χ0v) is 16.6. The van der Waals surface area contributed by atoms with Crippen LogP contribution in [-0.2, 0) is 16.0 Å². The highest BCUT2D eigenvalue weighted by Gasteiger charge is 2.32. The molecule has 1 aromatic carbocycles. The van der Waals surface area contributed by atoms with Crippen LogP contribution in [0.15, 0.2) is 47.1 Å². The molecule has 0 saturated heterocycles. The third kappa shape index (κ3) is 3.80. The highest BCUT2D eigenvalue weighted by atomic mass is 79.9. The van der Waals surface area contributed by atoms with Crippen LogP contribution in [0.4, 0.5) is 5.82 Å². The van der Waals surface area contributed by atoms with Gasteiger partial charge in [0.15, 0.2) is 0 Å². The number of benzene rings is 1. The molecule has 2 aromatic rings. The van der Waals surface area contributed by atoms with Crippen molar-refractivity contribution < 1.29 is 9.59 Å². The van der Waals surface area contributed by atoms with E-state index in [-0.39, 0.29) is 24.3 Å². The lowest BCUT2D eigenvalue weighted by Gasteiger charge is -2.37. The second-order valence-corrected chi connectivity index (χ2v) is 7.27. The minimum Gasteiger partial charge on any atom is -0.335 e. The number of hydrogen-bond acceptors (Lipinski definition) is 3. The zero-order chi connectivity index (χ0) is 18.7. The van der Waals surface area contributed by atoms with Crippen LogP contribution in [0.2, 0.25) is 0 Å². The molecule has 0 radical (unpaired) electrons. The summed E-state index contributed by atoms with van der Waals surface area (Å²) in [6.07, 6.45) is 2.76. The molecule has 0 fully saturated rings. The molecule has 1 unspecified atom stereocenters. The minimum atomic E-state index is -0.227. The standard InChI is InChI=1S/C20H22BrN3O2/c1-3-23(19-9-8-16(21)13-22-19)20(26)12-18-17-7-5-4-6-15(17)10-11-24(18)14(2)25/h4-9,13,18H,3,10-12H2,1-2H3. The van der Waals surface area contributed by atoms with Gasteiger partial charge in [0.1, 0.15) is 5.82 Å². The van der Waals surface area contributed by atoms with Crippen LogP contribution in [0.3, 0.4) is 0 Å². The summed E-state index contributed by atoms with van der Waals surface area (Å²) in [7, 11) is 0. The molecule has 2 heterocycles. The van der Waals surface area contributed by atoms with Crippen molar-refractivity contribution >= 4 is 33.6 Å². The van der Waals surface area contributed by atoms with Gasteiger partial charge in [-0.15, -0.1) is 0 Å². The first kappa shape index (κ1) is 18.6. The molecule has 6 heteroatoms. The van der Waals surface area contributed by atoms with Gasteiger partial charge in [0, 0.05) is 30.7 Å². The van der Waals surface area contributed by atoms with Gasteiger partial charge in [0.25, 0.3) is 0 Å². The highest BCUT2D eigenvalue weighted by Crippen LogP contribution is 2.33. The number of anilines is 1. The third-order valence-electron chi connectivity index (χ3n) is 4.79. The molecule has 2 amide bonds. The summed E-state index contributed by atoms with van der Waals surface area (Å²) in [4.78, 5) is 33.0. The molecular formula is C20H22BrN3O2. The number of pyridine rings is 1. The lowest BCUT2D eigenvalue weighted by atomic mass is 9.90. The van der Waals surface area contributed by atoms with Crippen LogP contribution < -0.4 is 4.90 Å². The Morgan fingerprint density at radius 3 is 2.69 bits per heavy atom. The molecule has 5 nitrogen and oxygen atoms in total. The smallest absolute Gasteiger partial charge is 0.230 e. The molecule has 0 spiro atoms. The van der Waals surface area contributed by atoms with Gasteiger partial charge in [0.05, 0.1) is 12.5 Å². The van der Waals surface area contributed by atoms with Crippen LogP contribution >= 0.6 is 15.9 Å². The summed E-state index contributed by atoms with van der Waals surface area (Å²) >= 11 is 3.36. The van der Waals surface area contributed by atoms with E-state index >= 15 is 0 Å². The van der Waals surface area contributed by atoms with Crippen LogP contribution in [-0.4, -0.2) is 34.8 Å². The Morgan fingerprint density at radius 2 is 2.04 bits per heavy atom. The Labute approximate surface area is 162 Å². The normalized spacial score (nSPS) is 16.1. The number of carbonyl (C=O) groups is 2. The van der Waals surface area contributed by atoms with Crippen molar-refractivity contribution in [3.63, 3.8) is 0 Å². The van der Waals surface area contributed by atoms with Crippen molar-refractivity contribution in [1.82, 2.24) is 9.88 Å². The second kappa shape index (κ2) is 7.99. The maximum atomic E-state index is 13.0. The van der Waals surface area contributed by atoms with Gasteiger partial charge in [-0.05, 0) is 52.5 Å². The molecule has 1 aliphatic heterocycles. The Bertz CT molecular complexity index is 807. The topological polar surface area (TPSA) is 53.5 Å². The summed E-state index contributed by atoms with van der Waals surface area (Å²) in [5.41, 5.74) is 2.29. The Kier molecular flexibility index (Phi) is 5.71. The van der Waals surface area contributed by atoms with Gasteiger partial charge in [0.2, 0.25) is 11.8 Å². The minimum absolute atomic E-state index is 0.00196. The van der Waals surface area contributed by atoms with E-state index in [2.05, 4.69) is 27.0 Å². The molecule has 136 valence electrons. The van der Waals surface area contributed by atoms with E-state index in [4.69, 9.17) is 0 Å². The molecule has 26 heavy (non-hydrogen) atoms. The van der Waals surface area contributed by atoms with Crippen molar-refractivity contribution in [2.45, 2.75) is 32.7 Å². The van der Waals surface area contributed by atoms with Gasteiger partial charge in [-0.25, -0.2) is 4.98 Å². The van der Waals surface area contributed by atoms with Gasteiger partial charge in [-0.1, -0.05) is 24.3 Å². The Balaban J connectivity index is 1.87. The van der Waals surface area contributed by atoms with E-state index < -0.39 is 0 Å². The zero-order valence-electron chi connectivity index (χ0n) is 15.0. The number of fused-ring (bicyclic) bond motifs is 1. The van der Waals surface area contributed by atoms with Crippen molar-refractivity contribution in [2.24, 2.45) is 0 Å². The first-order valence-corrected chi connectivity index (χ1v) is 9.57. The quantitative estimate of drug-likeness (QED) is 0.763. The van der Waals surface area contributed by atoms with Gasteiger partial charge >= 0.3 is 0 Å². The predicted octanol–water partition coefficient (Wildman–Crippen LogP) is 3.73. The lowest BCUT2D eigenvalue weighted by Crippen LogP contribution is -2.42. The van der Waals surface area contributed by atoms with Gasteiger partial charge in [-0.3, -0.25) is 14.5 Å². The van der Waals surface area contributed by atoms with E-state index in [1.54, 1.807) is 18.0 Å². The van der Waals surface area contributed by atoms with Crippen LogP contribution in [0.1, 0.15) is 37.4 Å². The summed E-state index contributed by atoms with van der Waals surface area (Å²) < 4.78 is 0.869. The summed E-state index contributed by atoms with van der Waals surface area (Å²) in [6, 6.07) is 11.5. The molecule has 0 aliphatic carbocycles. The lowest BCUT2D eigenvalue weighted by molar-refractivity contribution is -0.133. The molecule has 1 aliphatic rings. The summed E-state index contributed by atoms with van der Waals surface area (Å²) in [6.45, 7) is 4.67. The molecule has 0 saturated carbocycles. The van der Waals surface area contributed by atoms with Crippen LogP contribution in [0.5, 0.6) is 0 Å². The monoisotopic (exact) mass is 415 g/mol. The number of hydrogen-bond donors (Lipinski definition) is 0. The Hall–Kier alpha value is -2.21. The number of nitrogens with zero attached hydrogens (tertiary/aromatic N) is 3. The molecule has 1 atom stereocenters. The van der Waals surface area contributed by atoms with Crippen LogP contribution in [0, 0.1) is 0 Å². The van der Waals surface area contributed by atoms with Crippen molar-refractivity contribution in [1.29, 1.82) is 0 Å². The fraction of sp³-hybridized carbons (Fsp3) is 0.350. The number of carbonyl (C=O) groups excluding carboxylic acids is 2. The maximum Gasteiger partial charge on any atom is 0.230 e. The number of amides is 2. The third-order valence-corrected chi connectivity index (χ3v) is 5.26. The average molecular weight is 416 g/mol. The average Bonchev–Trinajstić information content (AvgIpc) is 2.64. The first-order valence-electron chi connectivity index (χ1n) is 8.78. The molecule has 0 bridgehead atoms. The SMILES string of the molecule is CCN(C(=O)CC1c2ccccc2CCN1C(C)=O)c1ccc(Br)cn1. The largest absolute Gasteiger partial charge is 0.335 e. The number of aromatic nitrogens is 1. The number of rotatable bonds is 4. The van der Waals surface area contributed by atoms with Crippen molar-refractivity contribution in [3.8, 4) is 0 Å². The Morgan fingerprint density at radius 1 is 1.27 bits per heavy atom. The number of halogens is 1. The molecule has 0 N–H and O–H groups in total. The predicted molar refractivity (Wildman–Crippen MR) is 105 cm³/mol. The van der Waals surface area contributed by atoms with Crippen molar-refractivity contribution in [3.05, 3.63) is 58.2 Å². The van der Waals surface area contributed by atoms with E-state index in [0.717, 1.165) is 16.5 Å². The van der Waals surface area contributed by atoms with E-state index in [1.165, 1.54) is 5.56 Å². The van der Waals surface area contributed by atoms with Crippen molar-refractivity contribution in [2.75, 3.05) is 18.0 Å². The highest BCUT2D eigenvalue weighted by molar-refractivity contribution is 9.10. The fourth-order valence-electron chi connectivity index (χ4n) is 3.52. The summed E-state index contributed by atoms with van der Waals surface area (Å²) in [5, 5.41) is 0. The fourth-order valence-corrected chi connectivity index (χ4v) is 3.75.